The van der Waals surface area contributed by atoms with Gasteiger partial charge in [0, 0.05) is 31.9 Å². The van der Waals surface area contributed by atoms with Crippen LogP contribution in [-0.2, 0) is 21.2 Å². The molecule has 2 heterocycles. The molecule has 1 aromatic carbocycles. The molecule has 0 unspecified atom stereocenters. The van der Waals surface area contributed by atoms with E-state index in [1.807, 2.05) is 29.2 Å². The molecule has 8 nitrogen and oxygen atoms in total. The summed E-state index contributed by atoms with van der Waals surface area (Å²) in [6.07, 6.45) is 0.970. The lowest BCUT2D eigenvalue weighted by molar-refractivity contribution is 0.0483. The molecule has 0 saturated carbocycles. The molecule has 1 aromatic heterocycles. The van der Waals surface area contributed by atoms with E-state index in [9.17, 15) is 13.2 Å². The summed E-state index contributed by atoms with van der Waals surface area (Å²) < 4.78 is 37.0. The molecule has 0 aliphatic carbocycles. The average molecular weight is 452 g/mol. The van der Waals surface area contributed by atoms with E-state index in [2.05, 4.69) is 12.2 Å². The number of ether oxygens (including phenoxy) is 1. The Balaban J connectivity index is 1.58. The Kier molecular flexibility index (Phi) is 7.11. The van der Waals surface area contributed by atoms with Gasteiger partial charge in [0.2, 0.25) is 10.9 Å². The Morgan fingerprint density at radius 2 is 1.77 bits per heavy atom. The topological polar surface area (TPSA) is 92.1 Å². The van der Waals surface area contributed by atoms with E-state index in [4.69, 9.17) is 21.4 Å². The minimum absolute atomic E-state index is 0.131. The molecule has 1 aliphatic rings. The number of anilines is 1. The summed E-state index contributed by atoms with van der Waals surface area (Å²) in [7, 11) is -3.84. The summed E-state index contributed by atoms with van der Waals surface area (Å²) in [5.41, 5.74) is 2.14. The highest BCUT2D eigenvalue weighted by Crippen LogP contribution is 2.21. The van der Waals surface area contributed by atoms with Crippen molar-refractivity contribution in [3.05, 3.63) is 47.7 Å². The summed E-state index contributed by atoms with van der Waals surface area (Å²) in [5.74, 6) is -0.819. The van der Waals surface area contributed by atoms with Crippen molar-refractivity contribution >= 4 is 39.0 Å². The second-order valence-electron chi connectivity index (χ2n) is 6.71. The number of esters is 1. The molecule has 0 spiro atoms. The summed E-state index contributed by atoms with van der Waals surface area (Å²) in [4.78, 5) is 13.6. The van der Waals surface area contributed by atoms with Crippen LogP contribution in [0, 0.1) is 0 Å². The van der Waals surface area contributed by atoms with Crippen molar-refractivity contribution in [2.24, 2.45) is 0 Å². The maximum absolute atomic E-state index is 12.8. The smallest absolute Gasteiger partial charge is 0.374 e. The van der Waals surface area contributed by atoms with Crippen LogP contribution in [0.15, 0.2) is 45.9 Å². The van der Waals surface area contributed by atoms with E-state index in [-0.39, 0.29) is 30.5 Å². The van der Waals surface area contributed by atoms with Gasteiger partial charge in [-0.1, -0.05) is 19.1 Å². The van der Waals surface area contributed by atoms with Crippen LogP contribution in [0.3, 0.4) is 0 Å². The van der Waals surface area contributed by atoms with Gasteiger partial charge < -0.3 is 19.4 Å². The Hall–Kier alpha value is -2.43. The monoisotopic (exact) mass is 451 g/mol. The highest BCUT2D eigenvalue weighted by molar-refractivity contribution is 7.89. The summed E-state index contributed by atoms with van der Waals surface area (Å²) in [6, 6.07) is 10.6. The minimum Gasteiger partial charge on any atom is -0.460 e. The highest BCUT2D eigenvalue weighted by atomic mass is 32.2. The molecule has 3 rings (SSSR count). The maximum atomic E-state index is 12.8. The van der Waals surface area contributed by atoms with Gasteiger partial charge in [-0.25, -0.2) is 13.2 Å². The number of carbonyl (C=O) groups is 1. The van der Waals surface area contributed by atoms with Crippen molar-refractivity contribution in [1.82, 2.24) is 9.21 Å². The van der Waals surface area contributed by atoms with Crippen LogP contribution in [0.2, 0.25) is 0 Å². The first-order valence-corrected chi connectivity index (χ1v) is 11.6. The van der Waals surface area contributed by atoms with Crippen LogP contribution in [0.4, 0.5) is 5.69 Å². The zero-order chi connectivity index (χ0) is 21.7. The molecule has 1 N–H and O–H groups in total. The quantitative estimate of drug-likeness (QED) is 0.530. The fourth-order valence-electron chi connectivity index (χ4n) is 3.06. The first-order valence-electron chi connectivity index (χ1n) is 9.77. The minimum atomic E-state index is -3.84. The van der Waals surface area contributed by atoms with E-state index >= 15 is 0 Å². The molecule has 1 aliphatic heterocycles. The number of sulfonamides is 1. The van der Waals surface area contributed by atoms with Crippen LogP contribution < -0.4 is 5.32 Å². The Bertz CT molecular complexity index is 994. The van der Waals surface area contributed by atoms with Crippen molar-refractivity contribution in [3.8, 4) is 0 Å². The maximum Gasteiger partial charge on any atom is 0.374 e. The molecule has 162 valence electrons. The van der Waals surface area contributed by atoms with Gasteiger partial charge >= 0.3 is 5.97 Å². The Labute approximate surface area is 181 Å². The standard InChI is InChI=1S/C20H25N3O5S2/c1-3-15-5-7-16(8-6-15)21-20(29)22-11-13-23(14-12-22)30(25,26)18-10-9-17(28-18)19(24)27-4-2/h5-10H,3-4,11-14H2,1-2H3,(H,21,29). The predicted octanol–water partition coefficient (Wildman–Crippen LogP) is 2.72. The van der Waals surface area contributed by atoms with Gasteiger partial charge in [0.05, 0.1) is 6.61 Å². The van der Waals surface area contributed by atoms with Crippen molar-refractivity contribution in [3.63, 3.8) is 0 Å². The van der Waals surface area contributed by atoms with E-state index in [0.717, 1.165) is 12.1 Å². The first kappa shape index (κ1) is 22.3. The van der Waals surface area contributed by atoms with Crippen LogP contribution >= 0.6 is 12.2 Å². The molecule has 2 aromatic rings. The first-order chi connectivity index (χ1) is 14.3. The largest absolute Gasteiger partial charge is 0.460 e. The fraction of sp³-hybridized carbons (Fsp3) is 0.400. The van der Waals surface area contributed by atoms with E-state index < -0.39 is 16.0 Å². The van der Waals surface area contributed by atoms with E-state index in [1.54, 1.807) is 6.92 Å². The van der Waals surface area contributed by atoms with Crippen molar-refractivity contribution in [1.29, 1.82) is 0 Å². The molecule has 10 heteroatoms. The van der Waals surface area contributed by atoms with Gasteiger partial charge in [0.25, 0.3) is 10.0 Å². The fourth-order valence-corrected chi connectivity index (χ4v) is 4.69. The number of thiocarbonyl (C=S) groups is 1. The Morgan fingerprint density at radius 3 is 2.37 bits per heavy atom. The Morgan fingerprint density at radius 1 is 1.10 bits per heavy atom. The van der Waals surface area contributed by atoms with Gasteiger partial charge in [0.1, 0.15) is 0 Å². The van der Waals surface area contributed by atoms with Gasteiger partial charge in [-0.05, 0) is 55.4 Å². The number of nitrogens with zero attached hydrogens (tertiary/aromatic N) is 2. The lowest BCUT2D eigenvalue weighted by Crippen LogP contribution is -2.51. The molecule has 1 fully saturated rings. The zero-order valence-electron chi connectivity index (χ0n) is 17.0. The summed E-state index contributed by atoms with van der Waals surface area (Å²) >= 11 is 5.48. The van der Waals surface area contributed by atoms with Gasteiger partial charge in [0.15, 0.2) is 5.11 Å². The number of piperazine rings is 1. The molecule has 0 atom stereocenters. The van der Waals surface area contributed by atoms with Gasteiger partial charge in [-0.2, -0.15) is 4.31 Å². The highest BCUT2D eigenvalue weighted by Gasteiger charge is 2.32. The van der Waals surface area contributed by atoms with Crippen LogP contribution in [-0.4, -0.2) is 61.5 Å². The molecule has 0 bridgehead atoms. The average Bonchev–Trinajstić information content (AvgIpc) is 3.26. The van der Waals surface area contributed by atoms with Crippen LogP contribution in [0.25, 0.3) is 0 Å². The van der Waals surface area contributed by atoms with Crippen molar-refractivity contribution < 1.29 is 22.4 Å². The molecule has 30 heavy (non-hydrogen) atoms. The number of hydrogen-bond donors (Lipinski definition) is 1. The number of furan rings is 1. The lowest BCUT2D eigenvalue weighted by atomic mass is 10.1. The normalized spacial score (nSPS) is 15.1. The summed E-state index contributed by atoms with van der Waals surface area (Å²) in [6.45, 7) is 5.36. The lowest BCUT2D eigenvalue weighted by Gasteiger charge is -2.35. The van der Waals surface area contributed by atoms with Crippen LogP contribution in [0.5, 0.6) is 0 Å². The molecular formula is C20H25N3O5S2. The van der Waals surface area contributed by atoms with Crippen molar-refractivity contribution in [2.75, 3.05) is 38.1 Å². The summed E-state index contributed by atoms with van der Waals surface area (Å²) in [5, 5.41) is 3.48. The second-order valence-corrected chi connectivity index (χ2v) is 8.97. The number of nitrogens with one attached hydrogen (secondary N) is 1. The van der Waals surface area contributed by atoms with Gasteiger partial charge in [-0.3, -0.25) is 0 Å². The predicted molar refractivity (Wildman–Crippen MR) is 117 cm³/mol. The third kappa shape index (κ3) is 5.00. The number of aryl methyl sites for hydroxylation is 1. The SMILES string of the molecule is CCOC(=O)c1ccc(S(=O)(=O)N2CCN(C(=S)Nc3ccc(CC)cc3)CC2)o1. The molecule has 0 amide bonds. The number of benzene rings is 1. The molecule has 0 radical (unpaired) electrons. The number of rotatable bonds is 6. The third-order valence-corrected chi connectivity index (χ3v) is 6.92. The number of hydrogen-bond acceptors (Lipinski definition) is 6. The third-order valence-electron chi connectivity index (χ3n) is 4.79. The van der Waals surface area contributed by atoms with Crippen molar-refractivity contribution in [2.45, 2.75) is 25.4 Å². The number of carbonyl (C=O) groups excluding carboxylic acids is 1. The van der Waals surface area contributed by atoms with Gasteiger partial charge in [-0.15, -0.1) is 0 Å². The molecular weight excluding hydrogens is 426 g/mol. The van der Waals surface area contributed by atoms with E-state index in [1.165, 1.54) is 22.0 Å². The second kappa shape index (κ2) is 9.59. The zero-order valence-corrected chi connectivity index (χ0v) is 18.6. The van der Waals surface area contributed by atoms with Crippen LogP contribution in [0.1, 0.15) is 30.0 Å². The van der Waals surface area contributed by atoms with E-state index in [0.29, 0.717) is 18.2 Å². The molecule has 1 saturated heterocycles.